The second-order valence-corrected chi connectivity index (χ2v) is 7.35. The summed E-state index contributed by atoms with van der Waals surface area (Å²) in [5, 5.41) is 7.55. The molecule has 0 saturated carbocycles. The molecule has 7 nitrogen and oxygen atoms in total. The quantitative estimate of drug-likeness (QED) is 0.372. The molecule has 24 heavy (non-hydrogen) atoms. The van der Waals surface area contributed by atoms with Gasteiger partial charge in [-0.05, 0) is 23.9 Å². The third-order valence-electron chi connectivity index (χ3n) is 3.55. The first-order valence-electron chi connectivity index (χ1n) is 7.92. The lowest BCUT2D eigenvalue weighted by atomic mass is 10.2. The van der Waals surface area contributed by atoms with E-state index in [0.29, 0.717) is 19.0 Å². The Hall–Kier alpha value is -2.06. The number of aliphatic imine (C=N–C) groups is 1. The lowest BCUT2D eigenvalue weighted by Crippen LogP contribution is -2.41. The number of nitrogens with zero attached hydrogens (tertiary/aromatic N) is 2. The number of rotatable bonds is 8. The largest absolute Gasteiger partial charge is 0.356 e. The zero-order valence-electron chi connectivity index (χ0n) is 14.1. The van der Waals surface area contributed by atoms with Crippen molar-refractivity contribution in [3.63, 3.8) is 0 Å². The SMILES string of the molecule is CN=C(NCCCn1ccc2ccccc21)NCCNS(C)(=O)=O. The maximum Gasteiger partial charge on any atom is 0.208 e. The van der Waals surface area contributed by atoms with Gasteiger partial charge in [-0.1, -0.05) is 18.2 Å². The molecule has 0 saturated heterocycles. The van der Waals surface area contributed by atoms with Crippen LogP contribution in [-0.2, 0) is 16.6 Å². The number of nitrogens with one attached hydrogen (secondary N) is 3. The van der Waals surface area contributed by atoms with Gasteiger partial charge in [0, 0.05) is 44.9 Å². The van der Waals surface area contributed by atoms with E-state index in [9.17, 15) is 8.42 Å². The van der Waals surface area contributed by atoms with Crippen molar-refractivity contribution in [1.82, 2.24) is 19.9 Å². The highest BCUT2D eigenvalue weighted by molar-refractivity contribution is 7.88. The van der Waals surface area contributed by atoms with Crippen LogP contribution in [0.15, 0.2) is 41.5 Å². The average molecular weight is 351 g/mol. The van der Waals surface area contributed by atoms with E-state index in [1.165, 1.54) is 10.9 Å². The smallest absolute Gasteiger partial charge is 0.208 e. The van der Waals surface area contributed by atoms with Crippen LogP contribution in [0.5, 0.6) is 0 Å². The molecule has 0 unspecified atom stereocenters. The van der Waals surface area contributed by atoms with E-state index in [2.05, 4.69) is 49.3 Å². The van der Waals surface area contributed by atoms with Crippen molar-refractivity contribution in [1.29, 1.82) is 0 Å². The van der Waals surface area contributed by atoms with E-state index in [4.69, 9.17) is 0 Å². The van der Waals surface area contributed by atoms with E-state index in [1.807, 2.05) is 12.1 Å². The van der Waals surface area contributed by atoms with Gasteiger partial charge in [-0.15, -0.1) is 0 Å². The van der Waals surface area contributed by atoms with Crippen molar-refractivity contribution >= 4 is 26.9 Å². The Balaban J connectivity index is 1.69. The molecule has 3 N–H and O–H groups in total. The number of para-hydroxylation sites is 1. The van der Waals surface area contributed by atoms with Gasteiger partial charge < -0.3 is 15.2 Å². The maximum atomic E-state index is 11.0. The molecule has 0 spiro atoms. The molecule has 0 aliphatic rings. The number of sulfonamides is 1. The van der Waals surface area contributed by atoms with E-state index in [1.54, 1.807) is 7.05 Å². The summed E-state index contributed by atoms with van der Waals surface area (Å²) in [5.74, 6) is 0.669. The highest BCUT2D eigenvalue weighted by atomic mass is 32.2. The van der Waals surface area contributed by atoms with Crippen LogP contribution in [-0.4, -0.2) is 51.9 Å². The Morgan fingerprint density at radius 1 is 1.12 bits per heavy atom. The van der Waals surface area contributed by atoms with Crippen LogP contribution in [0.4, 0.5) is 0 Å². The van der Waals surface area contributed by atoms with Crippen LogP contribution < -0.4 is 15.4 Å². The van der Waals surface area contributed by atoms with Crippen LogP contribution in [0.2, 0.25) is 0 Å². The Kier molecular flexibility index (Phi) is 6.62. The van der Waals surface area contributed by atoms with E-state index in [0.717, 1.165) is 25.8 Å². The van der Waals surface area contributed by atoms with Gasteiger partial charge in [0.15, 0.2) is 5.96 Å². The third kappa shape index (κ3) is 5.86. The van der Waals surface area contributed by atoms with Crippen LogP contribution >= 0.6 is 0 Å². The van der Waals surface area contributed by atoms with Gasteiger partial charge in [0.05, 0.1) is 6.26 Å². The Labute approximate surface area is 143 Å². The minimum atomic E-state index is -3.15. The van der Waals surface area contributed by atoms with Gasteiger partial charge in [-0.25, -0.2) is 13.1 Å². The van der Waals surface area contributed by atoms with Crippen LogP contribution in [0, 0.1) is 0 Å². The first-order valence-corrected chi connectivity index (χ1v) is 9.82. The van der Waals surface area contributed by atoms with Gasteiger partial charge in [0.1, 0.15) is 0 Å². The molecule has 0 fully saturated rings. The number of guanidine groups is 1. The number of hydrogen-bond acceptors (Lipinski definition) is 3. The predicted octanol–water partition coefficient (Wildman–Crippen LogP) is 0.746. The molecule has 1 aromatic heterocycles. The highest BCUT2D eigenvalue weighted by Crippen LogP contribution is 2.15. The average Bonchev–Trinajstić information content (AvgIpc) is 2.96. The van der Waals surface area contributed by atoms with Crippen molar-refractivity contribution in [2.24, 2.45) is 4.99 Å². The van der Waals surface area contributed by atoms with Gasteiger partial charge in [-0.3, -0.25) is 4.99 Å². The fourth-order valence-corrected chi connectivity index (χ4v) is 2.90. The van der Waals surface area contributed by atoms with Crippen molar-refractivity contribution in [3.8, 4) is 0 Å². The lowest BCUT2D eigenvalue weighted by molar-refractivity contribution is 0.586. The summed E-state index contributed by atoms with van der Waals surface area (Å²) in [6, 6.07) is 10.5. The maximum absolute atomic E-state index is 11.0. The summed E-state index contributed by atoms with van der Waals surface area (Å²) in [5.41, 5.74) is 1.24. The summed E-state index contributed by atoms with van der Waals surface area (Å²) >= 11 is 0. The Morgan fingerprint density at radius 3 is 2.62 bits per heavy atom. The minimum Gasteiger partial charge on any atom is -0.356 e. The molecular formula is C16H25N5O2S. The topological polar surface area (TPSA) is 87.5 Å². The summed E-state index contributed by atoms with van der Waals surface area (Å²) < 4.78 is 26.6. The zero-order valence-corrected chi connectivity index (χ0v) is 14.9. The predicted molar refractivity (Wildman–Crippen MR) is 98.8 cm³/mol. The molecular weight excluding hydrogens is 326 g/mol. The van der Waals surface area contributed by atoms with E-state index >= 15 is 0 Å². The number of benzene rings is 1. The second kappa shape index (κ2) is 8.70. The Morgan fingerprint density at radius 2 is 1.88 bits per heavy atom. The molecule has 132 valence electrons. The van der Waals surface area contributed by atoms with Crippen LogP contribution in [0.25, 0.3) is 10.9 Å². The van der Waals surface area contributed by atoms with Crippen LogP contribution in [0.1, 0.15) is 6.42 Å². The second-order valence-electron chi connectivity index (χ2n) is 5.51. The summed E-state index contributed by atoms with van der Waals surface area (Å²) in [6.07, 6.45) is 4.21. The lowest BCUT2D eigenvalue weighted by Gasteiger charge is -2.12. The third-order valence-corrected chi connectivity index (χ3v) is 4.28. The van der Waals surface area contributed by atoms with Gasteiger partial charge in [-0.2, -0.15) is 0 Å². The van der Waals surface area contributed by atoms with Crippen LogP contribution in [0.3, 0.4) is 0 Å². The summed E-state index contributed by atoms with van der Waals surface area (Å²) in [6.45, 7) is 2.52. The Bertz CT molecular complexity index is 783. The van der Waals surface area contributed by atoms with Crippen molar-refractivity contribution < 1.29 is 8.42 Å². The van der Waals surface area contributed by atoms with E-state index < -0.39 is 10.0 Å². The fourth-order valence-electron chi connectivity index (χ4n) is 2.43. The monoisotopic (exact) mass is 351 g/mol. The first-order chi connectivity index (χ1) is 11.5. The first kappa shape index (κ1) is 18.3. The number of aryl methyl sites for hydroxylation is 1. The minimum absolute atomic E-state index is 0.328. The zero-order chi connectivity index (χ0) is 17.4. The highest BCUT2D eigenvalue weighted by Gasteiger charge is 2.02. The van der Waals surface area contributed by atoms with Crippen molar-refractivity contribution in [3.05, 3.63) is 36.5 Å². The molecule has 0 atom stereocenters. The summed E-state index contributed by atoms with van der Waals surface area (Å²) in [7, 11) is -1.45. The fraction of sp³-hybridized carbons (Fsp3) is 0.438. The molecule has 0 radical (unpaired) electrons. The molecule has 0 bridgehead atoms. The normalized spacial score (nSPS) is 12.5. The van der Waals surface area contributed by atoms with Crippen molar-refractivity contribution in [2.75, 3.05) is 32.9 Å². The molecule has 2 aromatic rings. The molecule has 0 amide bonds. The van der Waals surface area contributed by atoms with E-state index in [-0.39, 0.29) is 0 Å². The molecule has 0 aliphatic carbocycles. The molecule has 1 heterocycles. The molecule has 2 rings (SSSR count). The van der Waals surface area contributed by atoms with Crippen molar-refractivity contribution in [2.45, 2.75) is 13.0 Å². The standard InChI is InChI=1S/C16H25N5O2S/c1-17-16(19-10-11-20-24(2,22)23)18-9-5-12-21-13-8-14-6-3-4-7-15(14)21/h3-4,6-8,13,20H,5,9-12H2,1-2H3,(H2,17,18,19). The van der Waals surface area contributed by atoms with Gasteiger partial charge in [0.2, 0.25) is 10.0 Å². The van der Waals surface area contributed by atoms with Gasteiger partial charge in [0.25, 0.3) is 0 Å². The number of aromatic nitrogens is 1. The molecule has 0 aliphatic heterocycles. The van der Waals surface area contributed by atoms with Gasteiger partial charge >= 0.3 is 0 Å². The number of hydrogen-bond donors (Lipinski definition) is 3. The molecule has 1 aromatic carbocycles. The number of fused-ring (bicyclic) bond motifs is 1. The summed E-state index contributed by atoms with van der Waals surface area (Å²) in [4.78, 5) is 4.12. The molecule has 8 heteroatoms.